The molecule has 3 heterocycles. The Morgan fingerprint density at radius 2 is 2.00 bits per heavy atom. The number of H-pyrrole nitrogens is 1. The molecule has 0 unspecified atom stereocenters. The van der Waals surface area contributed by atoms with Crippen molar-refractivity contribution in [2.75, 3.05) is 6.54 Å². The fourth-order valence-electron chi connectivity index (χ4n) is 3.92. The zero-order valence-corrected chi connectivity index (χ0v) is 16.5. The van der Waals surface area contributed by atoms with Gasteiger partial charge in [0.25, 0.3) is 0 Å². The van der Waals surface area contributed by atoms with Gasteiger partial charge >= 0.3 is 0 Å². The van der Waals surface area contributed by atoms with Crippen LogP contribution in [0.5, 0.6) is 0 Å². The molecule has 2 aromatic carbocycles. The summed E-state index contributed by atoms with van der Waals surface area (Å²) in [7, 11) is 0. The third-order valence-electron chi connectivity index (χ3n) is 5.43. The van der Waals surface area contributed by atoms with Crippen LogP contribution in [-0.4, -0.2) is 26.4 Å². The second-order valence-corrected chi connectivity index (χ2v) is 7.93. The Bertz CT molecular complexity index is 1150. The third kappa shape index (κ3) is 3.30. The average Bonchev–Trinajstić information content (AvgIpc) is 3.10. The summed E-state index contributed by atoms with van der Waals surface area (Å²) in [6.45, 7) is 4.94. The molecule has 0 spiro atoms. The average molecular weight is 389 g/mol. The van der Waals surface area contributed by atoms with E-state index in [1.807, 2.05) is 30.5 Å². The predicted octanol–water partition coefficient (Wildman–Crippen LogP) is 5.15. The number of benzene rings is 2. The number of nitrogens with zero attached hydrogens (tertiary/aromatic N) is 3. The van der Waals surface area contributed by atoms with Crippen molar-refractivity contribution in [1.29, 1.82) is 0 Å². The molecular formula is C23H21ClN4. The van der Waals surface area contributed by atoms with Crippen LogP contribution in [0.2, 0.25) is 5.02 Å². The summed E-state index contributed by atoms with van der Waals surface area (Å²) in [6, 6.07) is 14.3. The largest absolute Gasteiger partial charge is 0.361 e. The molecule has 0 radical (unpaired) electrons. The smallest absolute Gasteiger partial charge is 0.159 e. The van der Waals surface area contributed by atoms with Crippen molar-refractivity contribution >= 4 is 22.5 Å². The molecule has 1 aliphatic rings. The van der Waals surface area contributed by atoms with Crippen LogP contribution in [0.15, 0.2) is 54.9 Å². The fraction of sp³-hybridized carbons (Fsp3) is 0.217. The third-order valence-corrected chi connectivity index (χ3v) is 5.68. The maximum Gasteiger partial charge on any atom is 0.159 e. The predicted molar refractivity (Wildman–Crippen MR) is 113 cm³/mol. The molecule has 28 heavy (non-hydrogen) atoms. The number of hydrogen-bond donors (Lipinski definition) is 1. The summed E-state index contributed by atoms with van der Waals surface area (Å²) in [4.78, 5) is 15.3. The van der Waals surface area contributed by atoms with Crippen molar-refractivity contribution in [2.24, 2.45) is 0 Å². The molecule has 0 saturated carbocycles. The molecule has 0 atom stereocenters. The Labute approximate surface area is 169 Å². The van der Waals surface area contributed by atoms with Crippen molar-refractivity contribution in [1.82, 2.24) is 19.9 Å². The molecule has 0 aliphatic carbocycles. The van der Waals surface area contributed by atoms with Crippen LogP contribution >= 0.6 is 11.6 Å². The van der Waals surface area contributed by atoms with Crippen LogP contribution in [0.1, 0.15) is 22.4 Å². The van der Waals surface area contributed by atoms with E-state index in [2.05, 4.69) is 46.2 Å². The van der Waals surface area contributed by atoms with E-state index >= 15 is 0 Å². The summed E-state index contributed by atoms with van der Waals surface area (Å²) in [5.41, 5.74) is 7.22. The lowest BCUT2D eigenvalue weighted by Gasteiger charge is -2.27. The molecule has 2 aromatic heterocycles. The number of aromatic nitrogens is 3. The number of rotatable bonds is 3. The van der Waals surface area contributed by atoms with Gasteiger partial charge in [-0.3, -0.25) is 4.90 Å². The van der Waals surface area contributed by atoms with Gasteiger partial charge < -0.3 is 4.98 Å². The molecule has 4 nitrogen and oxygen atoms in total. The Balaban J connectivity index is 1.35. The summed E-state index contributed by atoms with van der Waals surface area (Å²) < 4.78 is 0. The van der Waals surface area contributed by atoms with Gasteiger partial charge in [0, 0.05) is 65.5 Å². The highest BCUT2D eigenvalue weighted by Crippen LogP contribution is 2.25. The maximum atomic E-state index is 5.98. The minimum atomic E-state index is 0.727. The van der Waals surface area contributed by atoms with Crippen LogP contribution in [0, 0.1) is 6.92 Å². The second kappa shape index (κ2) is 7.04. The van der Waals surface area contributed by atoms with E-state index < -0.39 is 0 Å². The SMILES string of the molecule is Cc1ccc2c(CN3CCc4nc(-c5ccc(Cl)cc5)ncc4C3)c[nH]c2c1. The van der Waals surface area contributed by atoms with E-state index in [9.17, 15) is 0 Å². The monoisotopic (exact) mass is 388 g/mol. The molecule has 1 aliphatic heterocycles. The quantitative estimate of drug-likeness (QED) is 0.528. The zero-order valence-electron chi connectivity index (χ0n) is 15.7. The summed E-state index contributed by atoms with van der Waals surface area (Å²) in [5.74, 6) is 0.774. The van der Waals surface area contributed by atoms with Crippen LogP contribution in [0.25, 0.3) is 22.3 Å². The van der Waals surface area contributed by atoms with Crippen LogP contribution in [0.4, 0.5) is 0 Å². The molecule has 0 fully saturated rings. The van der Waals surface area contributed by atoms with Gasteiger partial charge in [-0.25, -0.2) is 9.97 Å². The fourth-order valence-corrected chi connectivity index (χ4v) is 4.05. The zero-order chi connectivity index (χ0) is 19.1. The van der Waals surface area contributed by atoms with Crippen molar-refractivity contribution in [3.05, 3.63) is 82.3 Å². The first-order chi connectivity index (χ1) is 13.7. The number of fused-ring (bicyclic) bond motifs is 2. The highest BCUT2D eigenvalue weighted by atomic mass is 35.5. The van der Waals surface area contributed by atoms with E-state index in [4.69, 9.17) is 16.6 Å². The van der Waals surface area contributed by atoms with E-state index in [1.54, 1.807) is 0 Å². The minimum Gasteiger partial charge on any atom is -0.361 e. The second-order valence-electron chi connectivity index (χ2n) is 7.50. The van der Waals surface area contributed by atoms with E-state index in [-0.39, 0.29) is 0 Å². The summed E-state index contributed by atoms with van der Waals surface area (Å²) >= 11 is 5.98. The van der Waals surface area contributed by atoms with Crippen LogP contribution in [0.3, 0.4) is 0 Å². The summed E-state index contributed by atoms with van der Waals surface area (Å²) in [5, 5.41) is 2.04. The maximum absolute atomic E-state index is 5.98. The molecule has 4 aromatic rings. The van der Waals surface area contributed by atoms with Gasteiger partial charge in [-0.2, -0.15) is 0 Å². The van der Waals surface area contributed by atoms with E-state index in [1.165, 1.54) is 27.6 Å². The minimum absolute atomic E-state index is 0.727. The van der Waals surface area contributed by atoms with Gasteiger partial charge in [-0.05, 0) is 48.4 Å². The molecule has 5 rings (SSSR count). The molecule has 0 bridgehead atoms. The molecule has 0 amide bonds. The van der Waals surface area contributed by atoms with Crippen LogP contribution < -0.4 is 0 Å². The summed E-state index contributed by atoms with van der Waals surface area (Å²) in [6.07, 6.45) is 5.07. The Morgan fingerprint density at radius 3 is 2.86 bits per heavy atom. The first-order valence-electron chi connectivity index (χ1n) is 9.55. The van der Waals surface area contributed by atoms with Crippen molar-refractivity contribution in [2.45, 2.75) is 26.4 Å². The molecule has 0 saturated heterocycles. The molecule has 5 heteroatoms. The number of aromatic amines is 1. The van der Waals surface area contributed by atoms with Crippen molar-refractivity contribution < 1.29 is 0 Å². The van der Waals surface area contributed by atoms with Crippen molar-refractivity contribution in [3.8, 4) is 11.4 Å². The lowest BCUT2D eigenvalue weighted by Crippen LogP contribution is -2.30. The van der Waals surface area contributed by atoms with Gasteiger partial charge in [0.15, 0.2) is 5.82 Å². The lowest BCUT2D eigenvalue weighted by molar-refractivity contribution is 0.244. The first-order valence-corrected chi connectivity index (χ1v) is 9.93. The van der Waals surface area contributed by atoms with Crippen molar-refractivity contribution in [3.63, 3.8) is 0 Å². The topological polar surface area (TPSA) is 44.8 Å². The number of aryl methyl sites for hydroxylation is 1. The first kappa shape index (κ1) is 17.4. The molecule has 1 N–H and O–H groups in total. The highest BCUT2D eigenvalue weighted by molar-refractivity contribution is 6.30. The standard InChI is InChI=1S/C23H21ClN4/c1-15-2-7-20-17(11-25-22(20)10-15)13-28-9-8-21-18(14-28)12-26-23(27-21)16-3-5-19(24)6-4-16/h2-7,10-12,25H,8-9,13-14H2,1H3. The number of hydrogen-bond acceptors (Lipinski definition) is 3. The van der Waals surface area contributed by atoms with Gasteiger partial charge in [0.1, 0.15) is 0 Å². The Hall–Kier alpha value is -2.69. The van der Waals surface area contributed by atoms with E-state index in [0.717, 1.165) is 48.2 Å². The van der Waals surface area contributed by atoms with Gasteiger partial charge in [0.2, 0.25) is 0 Å². The Kier molecular flexibility index (Phi) is 4.38. The number of halogens is 1. The van der Waals surface area contributed by atoms with Gasteiger partial charge in [-0.1, -0.05) is 23.7 Å². The van der Waals surface area contributed by atoms with Crippen LogP contribution in [-0.2, 0) is 19.5 Å². The van der Waals surface area contributed by atoms with Gasteiger partial charge in [-0.15, -0.1) is 0 Å². The molecule has 140 valence electrons. The molecular weight excluding hydrogens is 368 g/mol. The van der Waals surface area contributed by atoms with E-state index in [0.29, 0.717) is 0 Å². The highest BCUT2D eigenvalue weighted by Gasteiger charge is 2.20. The number of nitrogens with one attached hydrogen (secondary N) is 1. The van der Waals surface area contributed by atoms with Gasteiger partial charge in [0.05, 0.1) is 5.69 Å². The lowest BCUT2D eigenvalue weighted by atomic mass is 10.1. The normalized spacial score (nSPS) is 14.4. The Morgan fingerprint density at radius 1 is 1.14 bits per heavy atom.